The Labute approximate surface area is 444 Å². The number of unbranched alkanes of at least 4 members (excludes halogenated alkanes) is 12. The van der Waals surface area contributed by atoms with Gasteiger partial charge in [0.25, 0.3) is 7.82 Å². The number of phosphoric ester groups is 1. The van der Waals surface area contributed by atoms with E-state index >= 15 is 0 Å². The molecule has 73 heavy (non-hydrogen) atoms. The van der Waals surface area contributed by atoms with Crippen LogP contribution in [0.5, 0.6) is 0 Å². The summed E-state index contributed by atoms with van der Waals surface area (Å²) in [6.07, 6.45) is 17.2. The summed E-state index contributed by atoms with van der Waals surface area (Å²) in [5.41, 5.74) is 11.9. The van der Waals surface area contributed by atoms with Crippen molar-refractivity contribution >= 4 is 64.8 Å². The molecule has 1 radical (unpaired) electrons. The zero-order valence-corrected chi connectivity index (χ0v) is 46.9. The zero-order valence-electron chi connectivity index (χ0n) is 45.0. The second-order valence-electron chi connectivity index (χ2n) is 21.1. The van der Waals surface area contributed by atoms with Crippen molar-refractivity contribution in [2.75, 3.05) is 47.5 Å². The Kier molecular flexibility index (Phi) is 22.5. The number of ketones is 1. The molecule has 0 fully saturated rings. The number of phosphoric acid groups is 1. The van der Waals surface area contributed by atoms with Crippen LogP contribution in [-0.2, 0) is 55.9 Å². The van der Waals surface area contributed by atoms with Gasteiger partial charge in [0.1, 0.15) is 19.8 Å². The van der Waals surface area contributed by atoms with Gasteiger partial charge in [0, 0.05) is 64.8 Å². The SMILES string of the molecule is C=Cc1c(C)c2cc3nc(c4c5[n-]c(cc6nc(cc1[n-]2)C(C)=C6CC)c(C)c5C(=O)C4)[C@@H](CCC(=O)O[C@H](COC(=O)CCCCCCCCCCCCCCC)COP(=O)([O-])OCC[N+](C)(C)C)[C@@H]3C.[Co]. The van der Waals surface area contributed by atoms with Gasteiger partial charge >= 0.3 is 11.9 Å². The van der Waals surface area contributed by atoms with E-state index in [9.17, 15) is 23.8 Å². The van der Waals surface area contributed by atoms with Crippen molar-refractivity contribution in [1.29, 1.82) is 0 Å². The number of aromatic nitrogens is 4. The summed E-state index contributed by atoms with van der Waals surface area (Å²) in [6.45, 7) is 15.8. The maximum absolute atomic E-state index is 13.9. The molecule has 6 rings (SSSR count). The van der Waals surface area contributed by atoms with Crippen LogP contribution in [0.1, 0.15) is 204 Å². The Morgan fingerprint density at radius 3 is 2.10 bits per heavy atom. The maximum Gasteiger partial charge on any atom is 0.306 e. The topological polar surface area (TPSA) is 182 Å². The predicted molar refractivity (Wildman–Crippen MR) is 283 cm³/mol. The maximum atomic E-state index is 13.9. The van der Waals surface area contributed by atoms with E-state index in [1.165, 1.54) is 57.8 Å². The summed E-state index contributed by atoms with van der Waals surface area (Å²) >= 11 is 0. The Morgan fingerprint density at radius 2 is 1.47 bits per heavy atom. The number of fused-ring (bicyclic) bond motifs is 8. The number of likely N-dealkylation sites (N-methyl/N-ethyl adjacent to an activating group) is 1. The van der Waals surface area contributed by atoms with Crippen molar-refractivity contribution in [1.82, 2.24) is 19.9 Å². The first kappa shape index (κ1) is 59.7. The minimum Gasteiger partial charge on any atom is -0.756 e. The van der Waals surface area contributed by atoms with Gasteiger partial charge in [-0.15, -0.1) is 22.1 Å². The summed E-state index contributed by atoms with van der Waals surface area (Å²) in [4.78, 5) is 74.0. The average molecular weight is 1070 g/mol. The van der Waals surface area contributed by atoms with Gasteiger partial charge in [-0.2, -0.15) is 0 Å². The Bertz CT molecular complexity index is 2680. The third kappa shape index (κ3) is 16.1. The van der Waals surface area contributed by atoms with E-state index in [0.717, 1.165) is 87.2 Å². The molecule has 5 heterocycles. The Balaban J connectivity index is 0.00000988. The molecule has 16 heteroatoms. The van der Waals surface area contributed by atoms with Crippen LogP contribution < -0.4 is 14.9 Å². The van der Waals surface area contributed by atoms with Crippen LogP contribution in [0.15, 0.2) is 24.8 Å². The molecular formula is C57H80CoN5O9P-2. The third-order valence-corrected chi connectivity index (χ3v) is 15.5. The first-order valence-corrected chi connectivity index (χ1v) is 28.1. The van der Waals surface area contributed by atoms with E-state index in [-0.39, 0.29) is 73.3 Å². The number of hydrogen-bond donors (Lipinski definition) is 0. The van der Waals surface area contributed by atoms with Crippen LogP contribution in [0.2, 0.25) is 0 Å². The summed E-state index contributed by atoms with van der Waals surface area (Å²) in [5, 5.41) is 0. The van der Waals surface area contributed by atoms with Crippen molar-refractivity contribution in [3.63, 3.8) is 0 Å². The van der Waals surface area contributed by atoms with Gasteiger partial charge in [-0.05, 0) is 62.3 Å². The number of ether oxygens (including phenoxy) is 2. The molecule has 0 spiro atoms. The Morgan fingerprint density at radius 1 is 0.836 bits per heavy atom. The minimum absolute atomic E-state index is 0. The molecule has 1 aliphatic carbocycles. The third-order valence-electron chi connectivity index (χ3n) is 14.5. The van der Waals surface area contributed by atoms with Crippen LogP contribution in [0.3, 0.4) is 0 Å². The number of quaternary nitrogens is 1. The van der Waals surface area contributed by atoms with E-state index in [2.05, 4.69) is 34.3 Å². The number of rotatable bonds is 29. The van der Waals surface area contributed by atoms with Crippen LogP contribution >= 0.6 is 7.82 Å². The van der Waals surface area contributed by atoms with Crippen LogP contribution in [0, 0.1) is 13.8 Å². The first-order chi connectivity index (χ1) is 34.3. The van der Waals surface area contributed by atoms with Crippen LogP contribution in [0.4, 0.5) is 0 Å². The van der Waals surface area contributed by atoms with Gasteiger partial charge in [-0.1, -0.05) is 140 Å². The van der Waals surface area contributed by atoms with E-state index < -0.39 is 32.5 Å². The molecule has 403 valence electrons. The number of hydrogen-bond acceptors (Lipinski definition) is 11. The van der Waals surface area contributed by atoms with Crippen molar-refractivity contribution in [3.05, 3.63) is 75.4 Å². The number of Topliss-reactive ketones (excluding diaryl/α,β-unsaturated/α-hetero) is 1. The molecular weight excluding hydrogens is 989 g/mol. The van der Waals surface area contributed by atoms with Crippen molar-refractivity contribution in [3.8, 4) is 0 Å². The normalized spacial score (nSPS) is 16.6. The number of carbonyl (C=O) groups is 3. The van der Waals surface area contributed by atoms with E-state index in [0.29, 0.717) is 39.7 Å². The fourth-order valence-electron chi connectivity index (χ4n) is 10.1. The molecule has 8 bridgehead atoms. The molecule has 0 saturated heterocycles. The molecule has 0 saturated carbocycles. The van der Waals surface area contributed by atoms with Gasteiger partial charge in [-0.25, -0.2) is 4.98 Å². The van der Waals surface area contributed by atoms with Crippen molar-refractivity contribution < 1.29 is 63.6 Å². The first-order valence-electron chi connectivity index (χ1n) is 26.6. The standard InChI is InChI=1S/C57H82N5O9P.Co/c1-11-14-15-16-17-18-19-20-21-22-23-24-25-26-53(64)68-35-41(36-70-72(66,67)69-30-29-62(8,9)10)71-54(65)28-27-44-39(6)48-32-46-37(4)42(12-2)50(58-46)33-47-38(5)43(13-3)51(59-47)34-49-40(7)55-52(63)31-45(56(44)60-48)57(55)61-49;/h12,32-34,39,41,44H,2,11,13-31,35-36H2,1,3-10H3,(H2-,58,59,60,61,63,66,67);/p-2/t39-,41+,44-;/m0./s1. The van der Waals surface area contributed by atoms with E-state index in [1.54, 1.807) is 0 Å². The summed E-state index contributed by atoms with van der Waals surface area (Å²) in [7, 11) is 0.933. The van der Waals surface area contributed by atoms with Gasteiger partial charge < -0.3 is 37.9 Å². The predicted octanol–water partition coefficient (Wildman–Crippen LogP) is 11.7. The summed E-state index contributed by atoms with van der Waals surface area (Å²) < 4.78 is 35.1. The molecule has 0 aromatic carbocycles. The molecule has 3 aromatic rings. The number of allylic oxidation sites excluding steroid dienone is 2. The number of aryl methyl sites for hydroxylation is 2. The number of nitrogens with zero attached hydrogens (tertiary/aromatic N) is 5. The molecule has 3 aliphatic rings. The zero-order chi connectivity index (χ0) is 52.2. The minimum atomic E-state index is -4.79. The molecule has 14 nitrogen and oxygen atoms in total. The smallest absolute Gasteiger partial charge is 0.306 e. The largest absolute Gasteiger partial charge is 0.756 e. The van der Waals surface area contributed by atoms with Crippen molar-refractivity contribution in [2.45, 2.75) is 175 Å². The monoisotopic (exact) mass is 1070 g/mol. The van der Waals surface area contributed by atoms with E-state index in [1.807, 2.05) is 59.3 Å². The molecule has 2 aliphatic heterocycles. The Hall–Kier alpha value is -4.21. The number of esters is 2. The van der Waals surface area contributed by atoms with Gasteiger partial charge in [0.15, 0.2) is 11.9 Å². The van der Waals surface area contributed by atoms with Gasteiger partial charge in [0.2, 0.25) is 0 Å². The van der Waals surface area contributed by atoms with Gasteiger partial charge in [0.05, 0.1) is 39.1 Å². The average Bonchev–Trinajstić information content (AvgIpc) is 4.09. The van der Waals surface area contributed by atoms with Crippen LogP contribution in [-0.4, -0.2) is 85.8 Å². The second-order valence-corrected chi connectivity index (χ2v) is 22.5. The molecule has 3 aromatic heterocycles. The summed E-state index contributed by atoms with van der Waals surface area (Å²) in [5.74, 6) is -1.66. The van der Waals surface area contributed by atoms with Gasteiger partial charge in [-0.3, -0.25) is 23.9 Å². The second kappa shape index (κ2) is 27.5. The quantitative estimate of drug-likeness (QED) is 0.0277. The van der Waals surface area contributed by atoms with Crippen LogP contribution in [0.25, 0.3) is 39.3 Å². The number of carbonyl (C=O) groups excluding carboxylic acids is 3. The molecule has 4 atom stereocenters. The fraction of sp³-hybridized carbons (Fsp3) is 0.596. The molecule has 0 N–H and O–H groups in total. The van der Waals surface area contributed by atoms with Crippen molar-refractivity contribution in [2.24, 2.45) is 0 Å². The summed E-state index contributed by atoms with van der Waals surface area (Å²) in [6, 6.07) is 5.95. The molecule has 1 unspecified atom stereocenters. The molecule has 0 amide bonds. The fourth-order valence-corrected chi connectivity index (χ4v) is 10.8. The van der Waals surface area contributed by atoms with E-state index in [4.69, 9.17) is 38.5 Å².